The van der Waals surface area contributed by atoms with Crippen molar-refractivity contribution in [3.63, 3.8) is 0 Å². The van der Waals surface area contributed by atoms with Crippen LogP contribution in [0.1, 0.15) is 25.6 Å². The fourth-order valence-corrected chi connectivity index (χ4v) is 2.88. The Bertz CT molecular complexity index is 809. The maximum absolute atomic E-state index is 11.2. The Morgan fingerprint density at radius 3 is 2.90 bits per heavy atom. The van der Waals surface area contributed by atoms with E-state index in [2.05, 4.69) is 37.3 Å². The highest BCUT2D eigenvalue weighted by Crippen LogP contribution is 2.30. The highest BCUT2D eigenvalue weighted by Gasteiger charge is 2.15. The Morgan fingerprint density at radius 1 is 1.35 bits per heavy atom. The summed E-state index contributed by atoms with van der Waals surface area (Å²) in [6, 6.07) is 7.98. The van der Waals surface area contributed by atoms with E-state index in [1.54, 1.807) is 6.20 Å². The molecule has 0 aliphatic rings. The fraction of sp³-hybridized carbons (Fsp3) is 0.200. The molecule has 0 unspecified atom stereocenters. The highest BCUT2D eigenvalue weighted by atomic mass is 79.9. The van der Waals surface area contributed by atoms with Crippen LogP contribution in [0.15, 0.2) is 34.9 Å². The molecule has 0 spiro atoms. The Kier molecular flexibility index (Phi) is 3.22. The lowest BCUT2D eigenvalue weighted by molar-refractivity contribution is -0.119. The molecule has 2 N–H and O–H groups in total. The van der Waals surface area contributed by atoms with Gasteiger partial charge in [-0.25, -0.2) is 0 Å². The first kappa shape index (κ1) is 13.1. The number of carbonyl (C=O) groups is 1. The highest BCUT2D eigenvalue weighted by molar-refractivity contribution is 9.10. The predicted molar refractivity (Wildman–Crippen MR) is 83.5 cm³/mol. The molecular formula is C15H14BrN3O. The number of carbonyl (C=O) groups excluding carboxylic acids is 1. The molecule has 2 aromatic heterocycles. The maximum atomic E-state index is 11.2. The number of hydrogen-bond acceptors (Lipinski definition) is 2. The minimum Gasteiger partial charge on any atom is -0.353 e. The van der Waals surface area contributed by atoms with Crippen LogP contribution < -0.4 is 5.32 Å². The molecule has 0 saturated carbocycles. The number of aromatic nitrogens is 2. The molecule has 20 heavy (non-hydrogen) atoms. The normalized spacial score (nSPS) is 12.8. The van der Waals surface area contributed by atoms with Gasteiger partial charge in [0.05, 0.1) is 17.3 Å². The van der Waals surface area contributed by atoms with Crippen molar-refractivity contribution in [1.29, 1.82) is 0 Å². The van der Waals surface area contributed by atoms with Gasteiger partial charge in [-0.15, -0.1) is 0 Å². The maximum Gasteiger partial charge on any atom is 0.217 e. The number of nitrogens with one attached hydrogen (secondary N) is 2. The molecule has 1 aromatic carbocycles. The van der Waals surface area contributed by atoms with Gasteiger partial charge in [0, 0.05) is 33.9 Å². The van der Waals surface area contributed by atoms with Gasteiger partial charge in [0.1, 0.15) is 0 Å². The third kappa shape index (κ3) is 2.18. The van der Waals surface area contributed by atoms with Gasteiger partial charge in [0.2, 0.25) is 5.91 Å². The minimum absolute atomic E-state index is 0.0600. The lowest BCUT2D eigenvalue weighted by Crippen LogP contribution is -2.24. The van der Waals surface area contributed by atoms with Crippen LogP contribution >= 0.6 is 15.9 Å². The Hall–Kier alpha value is -1.88. The summed E-state index contributed by atoms with van der Waals surface area (Å²) in [5, 5.41) is 5.14. The zero-order valence-electron chi connectivity index (χ0n) is 11.2. The van der Waals surface area contributed by atoms with Gasteiger partial charge in [-0.1, -0.05) is 15.9 Å². The van der Waals surface area contributed by atoms with Crippen molar-refractivity contribution in [3.8, 4) is 0 Å². The largest absolute Gasteiger partial charge is 0.353 e. The first-order valence-corrected chi connectivity index (χ1v) is 7.18. The second kappa shape index (κ2) is 4.90. The molecule has 0 radical (unpaired) electrons. The van der Waals surface area contributed by atoms with E-state index in [1.165, 1.54) is 6.92 Å². The summed E-state index contributed by atoms with van der Waals surface area (Å²) in [4.78, 5) is 19.0. The Labute approximate surface area is 124 Å². The minimum atomic E-state index is -0.132. The molecule has 4 nitrogen and oxygen atoms in total. The van der Waals surface area contributed by atoms with Crippen molar-refractivity contribution in [2.24, 2.45) is 0 Å². The summed E-state index contributed by atoms with van der Waals surface area (Å²) >= 11 is 3.50. The summed E-state index contributed by atoms with van der Waals surface area (Å²) in [6.07, 6.45) is 1.78. The van der Waals surface area contributed by atoms with Crippen molar-refractivity contribution in [3.05, 3.63) is 40.6 Å². The second-order valence-corrected chi connectivity index (χ2v) is 5.77. The summed E-state index contributed by atoms with van der Waals surface area (Å²) in [7, 11) is 0. The zero-order valence-corrected chi connectivity index (χ0v) is 12.8. The molecule has 1 atom stereocenters. The fourth-order valence-electron chi connectivity index (χ4n) is 2.52. The molecule has 0 aliphatic heterocycles. The van der Waals surface area contributed by atoms with Crippen LogP contribution in [0.5, 0.6) is 0 Å². The standard InChI is InChI=1S/C15H14BrN3O/c1-8(18-9(2)20)14-15-11(5-6-17-14)12-7-10(16)3-4-13(12)19-15/h3-8,19H,1-2H3,(H,18,20)/t8-/m1/s1. The van der Waals surface area contributed by atoms with Crippen molar-refractivity contribution in [2.75, 3.05) is 0 Å². The van der Waals surface area contributed by atoms with Gasteiger partial charge in [0.15, 0.2) is 0 Å². The van der Waals surface area contributed by atoms with E-state index >= 15 is 0 Å². The molecule has 0 bridgehead atoms. The van der Waals surface area contributed by atoms with E-state index in [1.807, 2.05) is 25.1 Å². The van der Waals surface area contributed by atoms with Crippen molar-refractivity contribution < 1.29 is 4.79 Å². The van der Waals surface area contributed by atoms with Crippen LogP contribution in [0, 0.1) is 0 Å². The van der Waals surface area contributed by atoms with Crippen LogP contribution in [0.3, 0.4) is 0 Å². The molecule has 0 fully saturated rings. The molecule has 1 amide bonds. The van der Waals surface area contributed by atoms with Crippen LogP contribution in [0.2, 0.25) is 0 Å². The average Bonchev–Trinajstić information content (AvgIpc) is 2.75. The SMILES string of the molecule is CC(=O)N[C@H](C)c1nccc2c1[nH]c1ccc(Br)cc12. The number of rotatable bonds is 2. The predicted octanol–water partition coefficient (Wildman–Crippen LogP) is 3.68. The molecule has 0 aliphatic carbocycles. The van der Waals surface area contributed by atoms with Crippen LogP contribution in [-0.2, 0) is 4.79 Å². The van der Waals surface area contributed by atoms with Gasteiger partial charge in [0.25, 0.3) is 0 Å². The number of fused-ring (bicyclic) bond motifs is 3. The number of amides is 1. The summed E-state index contributed by atoms with van der Waals surface area (Å²) < 4.78 is 1.04. The van der Waals surface area contributed by atoms with Crippen LogP contribution in [0.25, 0.3) is 21.8 Å². The third-order valence-corrected chi connectivity index (χ3v) is 3.83. The lowest BCUT2D eigenvalue weighted by Gasteiger charge is -2.12. The lowest BCUT2D eigenvalue weighted by atomic mass is 10.1. The Balaban J connectivity index is 2.24. The number of hydrogen-bond donors (Lipinski definition) is 2. The van der Waals surface area contributed by atoms with Crippen LogP contribution in [0.4, 0.5) is 0 Å². The number of halogens is 1. The zero-order chi connectivity index (χ0) is 14.3. The van der Waals surface area contributed by atoms with Gasteiger partial charge >= 0.3 is 0 Å². The molecule has 0 saturated heterocycles. The van der Waals surface area contributed by atoms with E-state index in [9.17, 15) is 4.79 Å². The molecule has 5 heteroatoms. The van der Waals surface area contributed by atoms with E-state index in [4.69, 9.17) is 0 Å². The summed E-state index contributed by atoms with van der Waals surface area (Å²) in [5.41, 5.74) is 2.89. The summed E-state index contributed by atoms with van der Waals surface area (Å²) in [5.74, 6) is -0.0600. The number of H-pyrrole nitrogens is 1. The first-order chi connectivity index (χ1) is 9.56. The van der Waals surface area contributed by atoms with Gasteiger partial charge in [-0.2, -0.15) is 0 Å². The topological polar surface area (TPSA) is 57.8 Å². The van der Waals surface area contributed by atoms with Gasteiger partial charge in [-0.3, -0.25) is 9.78 Å². The number of benzene rings is 1. The number of pyridine rings is 1. The molecule has 2 heterocycles. The molecule has 3 rings (SSSR count). The quantitative estimate of drug-likeness (QED) is 0.752. The second-order valence-electron chi connectivity index (χ2n) is 4.86. The van der Waals surface area contributed by atoms with Crippen molar-refractivity contribution in [2.45, 2.75) is 19.9 Å². The molecular weight excluding hydrogens is 318 g/mol. The first-order valence-electron chi connectivity index (χ1n) is 6.39. The summed E-state index contributed by atoms with van der Waals surface area (Å²) in [6.45, 7) is 3.45. The number of aromatic amines is 1. The molecule has 3 aromatic rings. The smallest absolute Gasteiger partial charge is 0.217 e. The van der Waals surface area contributed by atoms with E-state index < -0.39 is 0 Å². The van der Waals surface area contributed by atoms with Crippen molar-refractivity contribution in [1.82, 2.24) is 15.3 Å². The van der Waals surface area contributed by atoms with Gasteiger partial charge in [-0.05, 0) is 31.2 Å². The van der Waals surface area contributed by atoms with E-state index in [0.29, 0.717) is 0 Å². The monoisotopic (exact) mass is 331 g/mol. The van der Waals surface area contributed by atoms with Crippen molar-refractivity contribution >= 4 is 43.6 Å². The van der Waals surface area contributed by atoms with E-state index in [0.717, 1.165) is 32.0 Å². The Morgan fingerprint density at radius 2 is 2.15 bits per heavy atom. The van der Waals surface area contributed by atoms with E-state index in [-0.39, 0.29) is 11.9 Å². The van der Waals surface area contributed by atoms with Gasteiger partial charge < -0.3 is 10.3 Å². The van der Waals surface area contributed by atoms with Crippen LogP contribution in [-0.4, -0.2) is 15.9 Å². The third-order valence-electron chi connectivity index (χ3n) is 3.34. The average molecular weight is 332 g/mol. The number of nitrogens with zero attached hydrogens (tertiary/aromatic N) is 1. The molecule has 102 valence electrons.